The van der Waals surface area contributed by atoms with Gasteiger partial charge in [0.1, 0.15) is 0 Å². The van der Waals surface area contributed by atoms with Crippen LogP contribution >= 0.6 is 11.3 Å². The maximum atomic E-state index is 10.4. The van der Waals surface area contributed by atoms with Gasteiger partial charge in [0.05, 0.1) is 6.10 Å². The van der Waals surface area contributed by atoms with E-state index >= 15 is 0 Å². The third kappa shape index (κ3) is 2.67. The van der Waals surface area contributed by atoms with Gasteiger partial charge < -0.3 is 5.11 Å². The Kier molecular flexibility index (Phi) is 4.04. The molecule has 90 valence electrons. The van der Waals surface area contributed by atoms with Gasteiger partial charge in [0.15, 0.2) is 0 Å². The lowest BCUT2D eigenvalue weighted by Crippen LogP contribution is -2.10. The summed E-state index contributed by atoms with van der Waals surface area (Å²) in [6, 6.07) is 2.18. The molecule has 16 heavy (non-hydrogen) atoms. The van der Waals surface area contributed by atoms with Gasteiger partial charge >= 0.3 is 0 Å². The van der Waals surface area contributed by atoms with Crippen molar-refractivity contribution in [1.82, 2.24) is 0 Å². The zero-order chi connectivity index (χ0) is 11.5. The van der Waals surface area contributed by atoms with E-state index in [0.717, 1.165) is 0 Å². The van der Waals surface area contributed by atoms with Crippen LogP contribution in [0.15, 0.2) is 6.07 Å². The second kappa shape index (κ2) is 5.33. The highest BCUT2D eigenvalue weighted by Gasteiger charge is 2.23. The SMILES string of the molecule is Cc1cc(C(O)C2CCCCCC2)sc1C. The van der Waals surface area contributed by atoms with Crippen LogP contribution in [0.25, 0.3) is 0 Å². The molecular weight excluding hydrogens is 216 g/mol. The van der Waals surface area contributed by atoms with Gasteiger partial charge in [-0.15, -0.1) is 11.3 Å². The topological polar surface area (TPSA) is 20.2 Å². The number of aliphatic hydroxyl groups excluding tert-OH is 1. The molecule has 0 bridgehead atoms. The van der Waals surface area contributed by atoms with Crippen molar-refractivity contribution in [1.29, 1.82) is 0 Å². The zero-order valence-electron chi connectivity index (χ0n) is 10.3. The number of aliphatic hydroxyl groups is 1. The molecule has 1 unspecified atom stereocenters. The van der Waals surface area contributed by atoms with Crippen LogP contribution in [-0.2, 0) is 0 Å². The normalized spacial score (nSPS) is 20.7. The summed E-state index contributed by atoms with van der Waals surface area (Å²) in [7, 11) is 0. The van der Waals surface area contributed by atoms with Gasteiger partial charge in [-0.1, -0.05) is 25.7 Å². The minimum Gasteiger partial charge on any atom is -0.387 e. The van der Waals surface area contributed by atoms with Crippen LogP contribution in [0, 0.1) is 19.8 Å². The highest BCUT2D eigenvalue weighted by Crippen LogP contribution is 2.37. The summed E-state index contributed by atoms with van der Waals surface area (Å²) in [6.07, 6.45) is 7.50. The molecule has 1 aromatic heterocycles. The minimum atomic E-state index is -0.213. The molecule has 0 amide bonds. The lowest BCUT2D eigenvalue weighted by molar-refractivity contribution is 0.102. The largest absolute Gasteiger partial charge is 0.387 e. The van der Waals surface area contributed by atoms with Crippen LogP contribution in [0.1, 0.15) is 59.9 Å². The van der Waals surface area contributed by atoms with E-state index in [2.05, 4.69) is 19.9 Å². The fourth-order valence-electron chi connectivity index (χ4n) is 2.61. The van der Waals surface area contributed by atoms with Gasteiger partial charge in [0.25, 0.3) is 0 Å². The first-order chi connectivity index (χ1) is 7.68. The molecule has 0 saturated heterocycles. The van der Waals surface area contributed by atoms with Crippen molar-refractivity contribution in [2.75, 3.05) is 0 Å². The summed E-state index contributed by atoms with van der Waals surface area (Å²) >= 11 is 1.77. The van der Waals surface area contributed by atoms with Gasteiger partial charge in [-0.3, -0.25) is 0 Å². The molecule has 1 nitrogen and oxygen atoms in total. The Morgan fingerprint density at radius 2 is 1.81 bits per heavy atom. The predicted molar refractivity (Wildman–Crippen MR) is 69.9 cm³/mol. The standard InChI is InChI=1S/C14H22OS/c1-10-9-13(16-11(10)2)14(15)12-7-5-3-4-6-8-12/h9,12,14-15H,3-8H2,1-2H3. The summed E-state index contributed by atoms with van der Waals surface area (Å²) in [5.74, 6) is 0.500. The summed E-state index contributed by atoms with van der Waals surface area (Å²) in [5, 5.41) is 10.4. The lowest BCUT2D eigenvalue weighted by Gasteiger charge is -2.19. The molecule has 0 aromatic carbocycles. The van der Waals surface area contributed by atoms with Crippen LogP contribution in [-0.4, -0.2) is 5.11 Å². The molecule has 1 N–H and O–H groups in total. The predicted octanol–water partition coefficient (Wildman–Crippen LogP) is 4.37. The van der Waals surface area contributed by atoms with Crippen LogP contribution in [0.3, 0.4) is 0 Å². The van der Waals surface area contributed by atoms with Crippen molar-refractivity contribution >= 4 is 11.3 Å². The van der Waals surface area contributed by atoms with Crippen molar-refractivity contribution in [2.45, 2.75) is 58.5 Å². The molecule has 2 heteroatoms. The molecule has 1 saturated carbocycles. The molecule has 2 rings (SSSR count). The first-order valence-corrected chi connectivity index (χ1v) is 7.25. The number of aryl methyl sites for hydroxylation is 2. The molecule has 0 aliphatic heterocycles. The maximum absolute atomic E-state index is 10.4. The number of hydrogen-bond donors (Lipinski definition) is 1. The average Bonchev–Trinajstić information content (AvgIpc) is 2.51. The second-order valence-corrected chi connectivity index (χ2v) is 6.37. The Bertz CT molecular complexity index is 315. The number of thiophene rings is 1. The summed E-state index contributed by atoms with van der Waals surface area (Å²) in [4.78, 5) is 2.53. The Labute approximate surface area is 103 Å². The van der Waals surface area contributed by atoms with Crippen molar-refractivity contribution in [3.05, 3.63) is 21.4 Å². The number of rotatable bonds is 2. The summed E-state index contributed by atoms with van der Waals surface area (Å²) in [6.45, 7) is 4.28. The average molecular weight is 238 g/mol. The highest BCUT2D eigenvalue weighted by molar-refractivity contribution is 7.12. The molecule has 0 spiro atoms. The third-order valence-corrected chi connectivity index (χ3v) is 5.05. The van der Waals surface area contributed by atoms with E-state index in [4.69, 9.17) is 0 Å². The van der Waals surface area contributed by atoms with Crippen molar-refractivity contribution in [2.24, 2.45) is 5.92 Å². The maximum Gasteiger partial charge on any atom is 0.0910 e. The second-order valence-electron chi connectivity index (χ2n) is 5.08. The Morgan fingerprint density at radius 3 is 2.31 bits per heavy atom. The number of hydrogen-bond acceptors (Lipinski definition) is 2. The van der Waals surface area contributed by atoms with Gasteiger partial charge in [-0.25, -0.2) is 0 Å². The Balaban J connectivity index is 2.07. The monoisotopic (exact) mass is 238 g/mol. The van der Waals surface area contributed by atoms with Crippen LogP contribution in [0.4, 0.5) is 0 Å². The fraction of sp³-hybridized carbons (Fsp3) is 0.714. The lowest BCUT2D eigenvalue weighted by atomic mass is 9.93. The van der Waals surface area contributed by atoms with Crippen molar-refractivity contribution in [3.63, 3.8) is 0 Å². The molecule has 1 aliphatic rings. The van der Waals surface area contributed by atoms with E-state index in [9.17, 15) is 5.11 Å². The Hall–Kier alpha value is -0.340. The van der Waals surface area contributed by atoms with Gasteiger partial charge in [-0.2, -0.15) is 0 Å². The van der Waals surface area contributed by atoms with Crippen molar-refractivity contribution < 1.29 is 5.11 Å². The van der Waals surface area contributed by atoms with E-state index in [1.807, 2.05) is 0 Å². The Morgan fingerprint density at radius 1 is 1.19 bits per heavy atom. The zero-order valence-corrected chi connectivity index (χ0v) is 11.1. The van der Waals surface area contributed by atoms with Gasteiger partial charge in [0.2, 0.25) is 0 Å². The van der Waals surface area contributed by atoms with Crippen LogP contribution < -0.4 is 0 Å². The quantitative estimate of drug-likeness (QED) is 0.759. The molecular formula is C14H22OS. The van der Waals surface area contributed by atoms with E-state index in [1.54, 1.807) is 11.3 Å². The molecule has 0 radical (unpaired) electrons. The summed E-state index contributed by atoms with van der Waals surface area (Å²) in [5.41, 5.74) is 1.33. The molecule has 1 aliphatic carbocycles. The van der Waals surface area contributed by atoms with E-state index in [0.29, 0.717) is 5.92 Å². The fourth-order valence-corrected chi connectivity index (χ4v) is 3.73. The van der Waals surface area contributed by atoms with Crippen LogP contribution in [0.2, 0.25) is 0 Å². The molecule has 1 heterocycles. The minimum absolute atomic E-state index is 0.213. The molecule has 1 fully saturated rings. The van der Waals surface area contributed by atoms with Gasteiger partial charge in [-0.05, 0) is 44.2 Å². The molecule has 1 aromatic rings. The smallest absolute Gasteiger partial charge is 0.0910 e. The van der Waals surface area contributed by atoms with E-state index in [1.165, 1.54) is 53.8 Å². The van der Waals surface area contributed by atoms with E-state index in [-0.39, 0.29) is 6.10 Å². The summed E-state index contributed by atoms with van der Waals surface area (Å²) < 4.78 is 0. The highest BCUT2D eigenvalue weighted by atomic mass is 32.1. The third-order valence-electron chi connectivity index (χ3n) is 3.82. The first-order valence-electron chi connectivity index (χ1n) is 6.43. The first kappa shape index (κ1) is 12.1. The van der Waals surface area contributed by atoms with Crippen LogP contribution in [0.5, 0.6) is 0 Å². The van der Waals surface area contributed by atoms with Crippen molar-refractivity contribution in [3.8, 4) is 0 Å². The van der Waals surface area contributed by atoms with Gasteiger partial charge in [0, 0.05) is 9.75 Å². The van der Waals surface area contributed by atoms with E-state index < -0.39 is 0 Å². The molecule has 1 atom stereocenters.